The molecule has 1 aromatic carbocycles. The van der Waals surface area contributed by atoms with Crippen LogP contribution in [-0.4, -0.2) is 32.3 Å². The molecule has 2 amide bonds. The molecule has 4 aromatic rings. The third-order valence-corrected chi connectivity index (χ3v) is 6.26. The molecular weight excluding hydrogens is 470 g/mol. The lowest BCUT2D eigenvalue weighted by atomic mass is 10.1. The molecule has 0 aliphatic rings. The first-order chi connectivity index (χ1) is 16.3. The van der Waals surface area contributed by atoms with Gasteiger partial charge in [-0.2, -0.15) is 0 Å². The molecule has 4 rings (SSSR count). The fourth-order valence-electron chi connectivity index (χ4n) is 3.26. The molecule has 34 heavy (non-hydrogen) atoms. The lowest BCUT2D eigenvalue weighted by Gasteiger charge is -2.32. The molecule has 0 bridgehead atoms. The number of hydrogen-bond acceptors (Lipinski definition) is 8. The van der Waals surface area contributed by atoms with Gasteiger partial charge in [-0.15, -0.1) is 29.1 Å². The number of rotatable bonds is 6. The summed E-state index contributed by atoms with van der Waals surface area (Å²) in [6.07, 6.45) is 10.00. The summed E-state index contributed by atoms with van der Waals surface area (Å²) < 4.78 is 5.36. The second-order valence-electron chi connectivity index (χ2n) is 8.32. The lowest BCUT2D eigenvalue weighted by Crippen LogP contribution is -2.49. The van der Waals surface area contributed by atoms with E-state index in [0.717, 1.165) is 5.56 Å². The Morgan fingerprint density at radius 3 is 2.47 bits per heavy atom. The van der Waals surface area contributed by atoms with E-state index in [0.29, 0.717) is 21.3 Å². The minimum atomic E-state index is -0.966. The van der Waals surface area contributed by atoms with Crippen molar-refractivity contribution in [2.24, 2.45) is 0 Å². The molecule has 1 atom stereocenters. The number of anilines is 1. The molecule has 172 valence electrons. The Morgan fingerprint density at radius 2 is 1.91 bits per heavy atom. The largest absolute Gasteiger partial charge is 0.444 e. The smallest absolute Gasteiger partial charge is 0.278 e. The summed E-state index contributed by atoms with van der Waals surface area (Å²) >= 11 is 2.49. The van der Waals surface area contributed by atoms with Crippen LogP contribution in [0.25, 0.3) is 11.3 Å². The number of amides is 2. The van der Waals surface area contributed by atoms with Crippen molar-refractivity contribution in [3.63, 3.8) is 0 Å². The SMILES string of the molecule is C#Cc1nc(C(=O)N(c2ccc(-c3cnco3)cc2)C(C(=O)NC(C)(C)C)c2cncs2)cs1. The Labute approximate surface area is 204 Å². The summed E-state index contributed by atoms with van der Waals surface area (Å²) in [6, 6.07) is 6.14. The van der Waals surface area contributed by atoms with Crippen LogP contribution < -0.4 is 10.2 Å². The van der Waals surface area contributed by atoms with E-state index in [1.807, 2.05) is 20.8 Å². The van der Waals surface area contributed by atoms with Gasteiger partial charge in [0.15, 0.2) is 23.2 Å². The van der Waals surface area contributed by atoms with E-state index in [1.165, 1.54) is 34.0 Å². The number of carbonyl (C=O) groups excluding carboxylic acids is 2. The van der Waals surface area contributed by atoms with Crippen LogP contribution in [0.15, 0.2) is 58.4 Å². The van der Waals surface area contributed by atoms with Gasteiger partial charge in [0.25, 0.3) is 5.91 Å². The Balaban J connectivity index is 1.82. The third kappa shape index (κ3) is 5.06. The minimum absolute atomic E-state index is 0.162. The van der Waals surface area contributed by atoms with Crippen molar-refractivity contribution in [3.05, 3.63) is 69.5 Å². The highest BCUT2D eigenvalue weighted by Crippen LogP contribution is 2.33. The van der Waals surface area contributed by atoms with Gasteiger partial charge in [-0.1, -0.05) is 0 Å². The standard InChI is InChI=1S/C24H21N5O3S2/c1-5-20-27-17(12-33-20)23(31)29(16-8-6-15(7-9-16)18-10-25-13-32-18)21(19-11-26-14-34-19)22(30)28-24(2,3)4/h1,6-14,21H,2-4H3,(H,28,30). The van der Waals surface area contributed by atoms with Gasteiger partial charge in [0.05, 0.1) is 16.6 Å². The molecule has 8 nitrogen and oxygen atoms in total. The summed E-state index contributed by atoms with van der Waals surface area (Å²) in [4.78, 5) is 41.7. The minimum Gasteiger partial charge on any atom is -0.444 e. The number of nitrogens with one attached hydrogen (secondary N) is 1. The van der Waals surface area contributed by atoms with Crippen LogP contribution in [-0.2, 0) is 4.79 Å². The first kappa shape index (κ1) is 23.4. The van der Waals surface area contributed by atoms with Crippen molar-refractivity contribution in [2.45, 2.75) is 32.4 Å². The zero-order chi connectivity index (χ0) is 24.3. The maximum absolute atomic E-state index is 13.8. The number of terminal acetylenes is 1. The molecule has 10 heteroatoms. The van der Waals surface area contributed by atoms with Crippen molar-refractivity contribution in [3.8, 4) is 23.7 Å². The Kier molecular flexibility index (Phi) is 6.58. The lowest BCUT2D eigenvalue weighted by molar-refractivity contribution is -0.123. The summed E-state index contributed by atoms with van der Waals surface area (Å²) in [7, 11) is 0. The van der Waals surface area contributed by atoms with Crippen LogP contribution in [0.4, 0.5) is 5.69 Å². The maximum atomic E-state index is 13.8. The first-order valence-electron chi connectivity index (χ1n) is 10.2. The van der Waals surface area contributed by atoms with Crippen LogP contribution in [0.1, 0.15) is 47.2 Å². The predicted octanol–water partition coefficient (Wildman–Crippen LogP) is 4.54. The number of thiazole rings is 2. The van der Waals surface area contributed by atoms with Gasteiger partial charge in [-0.3, -0.25) is 19.5 Å². The van der Waals surface area contributed by atoms with E-state index in [1.54, 1.807) is 47.5 Å². The zero-order valence-electron chi connectivity index (χ0n) is 18.7. The zero-order valence-corrected chi connectivity index (χ0v) is 20.3. The number of hydrogen-bond donors (Lipinski definition) is 1. The highest BCUT2D eigenvalue weighted by molar-refractivity contribution is 7.10. The third-order valence-electron chi connectivity index (χ3n) is 4.65. The number of benzene rings is 1. The monoisotopic (exact) mass is 491 g/mol. The molecule has 0 saturated heterocycles. The van der Waals surface area contributed by atoms with Crippen molar-refractivity contribution in [1.29, 1.82) is 0 Å². The topological polar surface area (TPSA) is 101 Å². The average molecular weight is 492 g/mol. The summed E-state index contributed by atoms with van der Waals surface area (Å²) in [5.74, 6) is 2.25. The van der Waals surface area contributed by atoms with E-state index >= 15 is 0 Å². The number of carbonyl (C=O) groups is 2. The highest BCUT2D eigenvalue weighted by Gasteiger charge is 2.36. The van der Waals surface area contributed by atoms with Crippen molar-refractivity contribution in [1.82, 2.24) is 20.3 Å². The molecule has 1 unspecified atom stereocenters. The summed E-state index contributed by atoms with van der Waals surface area (Å²) in [5, 5.41) is 4.97. The Bertz CT molecular complexity index is 1310. The molecular formula is C24H21N5O3S2. The fourth-order valence-corrected chi connectivity index (χ4v) is 4.56. The molecule has 3 aromatic heterocycles. The van der Waals surface area contributed by atoms with Gasteiger partial charge < -0.3 is 9.73 Å². The van der Waals surface area contributed by atoms with Crippen LogP contribution in [0, 0.1) is 12.3 Å². The van der Waals surface area contributed by atoms with E-state index < -0.39 is 17.5 Å². The van der Waals surface area contributed by atoms with Crippen LogP contribution >= 0.6 is 22.7 Å². The molecule has 1 N–H and O–H groups in total. The van der Waals surface area contributed by atoms with E-state index in [2.05, 4.69) is 26.2 Å². The molecule has 0 spiro atoms. The van der Waals surface area contributed by atoms with Crippen LogP contribution in [0.5, 0.6) is 0 Å². The number of oxazole rings is 1. The first-order valence-corrected chi connectivity index (χ1v) is 12.0. The van der Waals surface area contributed by atoms with Crippen molar-refractivity contribution < 1.29 is 14.0 Å². The van der Waals surface area contributed by atoms with E-state index in [4.69, 9.17) is 10.8 Å². The molecule has 3 heterocycles. The molecule has 0 aliphatic carbocycles. The molecule has 0 saturated carbocycles. The number of nitrogens with zero attached hydrogens (tertiary/aromatic N) is 4. The van der Waals surface area contributed by atoms with Crippen molar-refractivity contribution >= 4 is 40.2 Å². The van der Waals surface area contributed by atoms with Crippen LogP contribution in [0.2, 0.25) is 0 Å². The Morgan fingerprint density at radius 1 is 1.15 bits per heavy atom. The van der Waals surface area contributed by atoms with Gasteiger partial charge >= 0.3 is 0 Å². The fraction of sp³-hybridized carbons (Fsp3) is 0.208. The Hall–Kier alpha value is -3.81. The molecule has 0 fully saturated rings. The van der Waals surface area contributed by atoms with Gasteiger partial charge in [-0.05, 0) is 51.0 Å². The quantitative estimate of drug-likeness (QED) is 0.398. The highest BCUT2D eigenvalue weighted by atomic mass is 32.1. The summed E-state index contributed by atoms with van der Waals surface area (Å²) in [6.45, 7) is 5.64. The maximum Gasteiger partial charge on any atom is 0.278 e. The average Bonchev–Trinajstić information content (AvgIpc) is 3.58. The van der Waals surface area contributed by atoms with Gasteiger partial charge in [0, 0.05) is 28.4 Å². The van der Waals surface area contributed by atoms with Crippen LogP contribution in [0.3, 0.4) is 0 Å². The van der Waals surface area contributed by atoms with E-state index in [9.17, 15) is 9.59 Å². The van der Waals surface area contributed by atoms with Gasteiger partial charge in [0.1, 0.15) is 5.69 Å². The van der Waals surface area contributed by atoms with Gasteiger partial charge in [0.2, 0.25) is 5.91 Å². The second kappa shape index (κ2) is 9.59. The normalized spacial score (nSPS) is 12.1. The molecule has 0 radical (unpaired) electrons. The van der Waals surface area contributed by atoms with Gasteiger partial charge in [-0.25, -0.2) is 9.97 Å². The van der Waals surface area contributed by atoms with E-state index in [-0.39, 0.29) is 11.6 Å². The second-order valence-corrected chi connectivity index (χ2v) is 10.1. The van der Waals surface area contributed by atoms with Crippen molar-refractivity contribution in [2.75, 3.05) is 4.90 Å². The molecule has 0 aliphatic heterocycles. The number of aromatic nitrogens is 3. The predicted molar refractivity (Wildman–Crippen MR) is 132 cm³/mol. The summed E-state index contributed by atoms with van der Waals surface area (Å²) in [5.41, 5.74) is 2.57.